The zero-order chi connectivity index (χ0) is 18.8. The van der Waals surface area contributed by atoms with Crippen LogP contribution in [0, 0.1) is 0 Å². The molecule has 0 spiro atoms. The third kappa shape index (κ3) is 3.19. The first-order chi connectivity index (χ1) is 13.2. The van der Waals surface area contributed by atoms with Gasteiger partial charge in [0.1, 0.15) is 5.69 Å². The average molecular weight is 362 g/mol. The van der Waals surface area contributed by atoms with Gasteiger partial charge < -0.3 is 9.64 Å². The van der Waals surface area contributed by atoms with E-state index < -0.39 is 5.97 Å². The normalized spacial score (nSPS) is 13.1. The summed E-state index contributed by atoms with van der Waals surface area (Å²) in [6, 6.07) is 13.0. The number of carbonyl (C=O) groups excluding carboxylic acids is 2. The second-order valence-electron chi connectivity index (χ2n) is 6.30. The molecule has 0 aliphatic carbocycles. The summed E-state index contributed by atoms with van der Waals surface area (Å²) in [5.74, 6) is -0.646. The van der Waals surface area contributed by atoms with Crippen LogP contribution in [0.4, 0.5) is 0 Å². The van der Waals surface area contributed by atoms with Gasteiger partial charge in [-0.15, -0.1) is 0 Å². The Morgan fingerprint density at radius 2 is 1.96 bits per heavy atom. The Labute approximate surface area is 156 Å². The minimum absolute atomic E-state index is 0.169. The number of hydrogen-bond acceptors (Lipinski definition) is 5. The van der Waals surface area contributed by atoms with Crippen molar-refractivity contribution >= 4 is 11.9 Å². The number of carbonyl (C=O) groups is 2. The molecule has 3 aromatic rings. The zero-order valence-electron chi connectivity index (χ0n) is 14.8. The molecular formula is C20H18N4O3. The molecule has 1 aromatic carbocycles. The predicted octanol–water partition coefficient (Wildman–Crippen LogP) is 2.46. The lowest BCUT2D eigenvalue weighted by molar-refractivity contribution is 0.0598. The van der Waals surface area contributed by atoms with E-state index in [4.69, 9.17) is 0 Å². The number of esters is 1. The van der Waals surface area contributed by atoms with Gasteiger partial charge in [0.15, 0.2) is 0 Å². The van der Waals surface area contributed by atoms with Crippen molar-refractivity contribution in [3.8, 4) is 11.3 Å². The molecule has 7 heteroatoms. The van der Waals surface area contributed by atoms with Crippen molar-refractivity contribution in [3.63, 3.8) is 0 Å². The minimum atomic E-state index is -0.477. The van der Waals surface area contributed by atoms with Crippen molar-refractivity contribution in [1.29, 1.82) is 0 Å². The monoisotopic (exact) mass is 362 g/mol. The quantitative estimate of drug-likeness (QED) is 0.723. The second-order valence-corrected chi connectivity index (χ2v) is 6.30. The molecule has 0 radical (unpaired) electrons. The van der Waals surface area contributed by atoms with Gasteiger partial charge in [-0.2, -0.15) is 5.10 Å². The highest BCUT2D eigenvalue weighted by atomic mass is 16.5. The van der Waals surface area contributed by atoms with Gasteiger partial charge in [0, 0.05) is 36.0 Å². The Kier molecular flexibility index (Phi) is 4.42. The van der Waals surface area contributed by atoms with Gasteiger partial charge >= 0.3 is 5.97 Å². The summed E-state index contributed by atoms with van der Waals surface area (Å²) < 4.78 is 4.65. The van der Waals surface area contributed by atoms with Gasteiger partial charge in [-0.3, -0.25) is 14.9 Å². The number of aromatic nitrogens is 3. The lowest BCUT2D eigenvalue weighted by Crippen LogP contribution is -2.36. The van der Waals surface area contributed by atoms with Crippen molar-refractivity contribution in [2.24, 2.45) is 0 Å². The molecule has 0 fully saturated rings. The number of hydrogen-bond donors (Lipinski definition) is 1. The zero-order valence-corrected chi connectivity index (χ0v) is 14.8. The number of nitrogens with one attached hydrogen (secondary N) is 1. The molecular weight excluding hydrogens is 344 g/mol. The van der Waals surface area contributed by atoms with E-state index >= 15 is 0 Å². The van der Waals surface area contributed by atoms with Crippen LogP contribution in [-0.4, -0.2) is 45.6 Å². The molecule has 0 saturated carbocycles. The summed E-state index contributed by atoms with van der Waals surface area (Å²) >= 11 is 0. The highest BCUT2D eigenvalue weighted by Gasteiger charge is 2.27. The number of amides is 1. The topological polar surface area (TPSA) is 88.2 Å². The maximum atomic E-state index is 12.8. The van der Waals surface area contributed by atoms with Crippen LogP contribution in [0.1, 0.15) is 32.1 Å². The predicted molar refractivity (Wildman–Crippen MR) is 98.0 cm³/mol. The molecule has 1 N–H and O–H groups in total. The Hall–Kier alpha value is -3.48. The molecule has 0 atom stereocenters. The maximum Gasteiger partial charge on any atom is 0.339 e. The summed E-state index contributed by atoms with van der Waals surface area (Å²) in [6.45, 7) is 1.05. The first-order valence-electron chi connectivity index (χ1n) is 8.62. The Morgan fingerprint density at radius 1 is 1.15 bits per heavy atom. The number of aromatic amines is 1. The third-order valence-electron chi connectivity index (χ3n) is 4.67. The second kappa shape index (κ2) is 7.03. The van der Waals surface area contributed by atoms with E-state index in [0.29, 0.717) is 30.8 Å². The number of benzene rings is 1. The Morgan fingerprint density at radius 3 is 2.67 bits per heavy atom. The van der Waals surface area contributed by atoms with Crippen LogP contribution in [0.15, 0.2) is 48.7 Å². The van der Waals surface area contributed by atoms with Crippen LogP contribution in [0.25, 0.3) is 11.3 Å². The number of pyridine rings is 1. The number of ether oxygens (including phenoxy) is 1. The number of rotatable bonds is 3. The standard InChI is InChI=1S/C20H18N4O3/c1-27-20(26)14-7-8-17(21-11-14)19(25)24-10-9-16-15(12-24)18(23-22-16)13-5-3-2-4-6-13/h2-8,11H,9-10,12H2,1H3,(H,22,23). The molecule has 1 amide bonds. The van der Waals surface area contributed by atoms with Crippen LogP contribution in [0.3, 0.4) is 0 Å². The molecule has 0 bridgehead atoms. The highest BCUT2D eigenvalue weighted by molar-refractivity contribution is 5.94. The van der Waals surface area contributed by atoms with E-state index in [2.05, 4.69) is 19.9 Å². The molecule has 27 heavy (non-hydrogen) atoms. The maximum absolute atomic E-state index is 12.8. The summed E-state index contributed by atoms with van der Waals surface area (Å²) in [5.41, 5.74) is 4.60. The van der Waals surface area contributed by atoms with Crippen molar-refractivity contribution in [1.82, 2.24) is 20.1 Å². The molecule has 0 saturated heterocycles. The summed E-state index contributed by atoms with van der Waals surface area (Å²) in [7, 11) is 1.31. The van der Waals surface area contributed by atoms with Gasteiger partial charge in [-0.25, -0.2) is 4.79 Å². The first kappa shape index (κ1) is 17.0. The largest absolute Gasteiger partial charge is 0.465 e. The summed E-state index contributed by atoms with van der Waals surface area (Å²) in [4.78, 5) is 30.2. The molecule has 0 unspecified atom stereocenters. The van der Waals surface area contributed by atoms with E-state index in [1.54, 1.807) is 17.0 Å². The Balaban J connectivity index is 1.56. The number of methoxy groups -OCH3 is 1. The highest BCUT2D eigenvalue weighted by Crippen LogP contribution is 2.28. The van der Waals surface area contributed by atoms with E-state index in [0.717, 1.165) is 22.5 Å². The van der Waals surface area contributed by atoms with Crippen LogP contribution in [0.2, 0.25) is 0 Å². The minimum Gasteiger partial charge on any atom is -0.465 e. The fraction of sp³-hybridized carbons (Fsp3) is 0.200. The van der Waals surface area contributed by atoms with Crippen molar-refractivity contribution in [2.75, 3.05) is 13.7 Å². The average Bonchev–Trinajstić information content (AvgIpc) is 3.16. The smallest absolute Gasteiger partial charge is 0.339 e. The molecule has 1 aliphatic rings. The first-order valence-corrected chi connectivity index (χ1v) is 8.62. The molecule has 4 rings (SSSR count). The van der Waals surface area contributed by atoms with E-state index in [1.807, 2.05) is 30.3 Å². The molecule has 136 valence electrons. The SMILES string of the molecule is COC(=O)c1ccc(C(=O)N2CCc3[nH]nc(-c4ccccc4)c3C2)nc1. The van der Waals surface area contributed by atoms with Gasteiger partial charge in [0.05, 0.1) is 24.9 Å². The third-order valence-corrected chi connectivity index (χ3v) is 4.67. The van der Waals surface area contributed by atoms with E-state index in [9.17, 15) is 9.59 Å². The lowest BCUT2D eigenvalue weighted by Gasteiger charge is -2.27. The molecule has 2 aromatic heterocycles. The van der Waals surface area contributed by atoms with Crippen LogP contribution < -0.4 is 0 Å². The van der Waals surface area contributed by atoms with E-state index in [-0.39, 0.29) is 5.91 Å². The summed E-state index contributed by atoms with van der Waals surface area (Å²) in [5, 5.41) is 7.54. The Bertz CT molecular complexity index is 980. The van der Waals surface area contributed by atoms with E-state index in [1.165, 1.54) is 13.3 Å². The van der Waals surface area contributed by atoms with Crippen molar-refractivity contribution < 1.29 is 14.3 Å². The van der Waals surface area contributed by atoms with Gasteiger partial charge in [-0.1, -0.05) is 30.3 Å². The fourth-order valence-corrected chi connectivity index (χ4v) is 3.22. The molecule has 1 aliphatic heterocycles. The van der Waals surface area contributed by atoms with Gasteiger partial charge in [0.2, 0.25) is 0 Å². The van der Waals surface area contributed by atoms with Crippen LogP contribution in [0.5, 0.6) is 0 Å². The van der Waals surface area contributed by atoms with Gasteiger partial charge in [0.25, 0.3) is 5.91 Å². The van der Waals surface area contributed by atoms with Crippen LogP contribution >= 0.6 is 0 Å². The number of H-pyrrole nitrogens is 1. The van der Waals surface area contributed by atoms with Gasteiger partial charge in [-0.05, 0) is 12.1 Å². The van der Waals surface area contributed by atoms with Crippen molar-refractivity contribution in [2.45, 2.75) is 13.0 Å². The van der Waals surface area contributed by atoms with Crippen LogP contribution in [-0.2, 0) is 17.7 Å². The summed E-state index contributed by atoms with van der Waals surface area (Å²) in [6.07, 6.45) is 2.07. The molecule has 3 heterocycles. The number of nitrogens with zero attached hydrogens (tertiary/aromatic N) is 3. The lowest BCUT2D eigenvalue weighted by atomic mass is 10.0. The fourth-order valence-electron chi connectivity index (χ4n) is 3.22. The van der Waals surface area contributed by atoms with Crippen molar-refractivity contribution in [3.05, 3.63) is 71.2 Å². The number of fused-ring (bicyclic) bond motifs is 1. The molecule has 7 nitrogen and oxygen atoms in total.